The lowest BCUT2D eigenvalue weighted by molar-refractivity contribution is -0.120. The van der Waals surface area contributed by atoms with Crippen LogP contribution in [0.5, 0.6) is 0 Å². The molecule has 1 aromatic carbocycles. The zero-order valence-electron chi connectivity index (χ0n) is 10.0. The Morgan fingerprint density at radius 1 is 1.24 bits per heavy atom. The van der Waals surface area contributed by atoms with Gasteiger partial charge < -0.3 is 5.73 Å². The van der Waals surface area contributed by atoms with Crippen molar-refractivity contribution in [3.63, 3.8) is 0 Å². The van der Waals surface area contributed by atoms with Gasteiger partial charge in [-0.15, -0.1) is 0 Å². The van der Waals surface area contributed by atoms with Crippen molar-refractivity contribution in [1.82, 2.24) is 0 Å². The van der Waals surface area contributed by atoms with Gasteiger partial charge in [-0.2, -0.15) is 0 Å². The van der Waals surface area contributed by atoms with Crippen molar-refractivity contribution in [2.75, 3.05) is 0 Å². The van der Waals surface area contributed by atoms with Crippen molar-refractivity contribution in [3.05, 3.63) is 35.4 Å². The number of carbonyl (C=O) groups is 1. The van der Waals surface area contributed by atoms with E-state index in [1.54, 1.807) is 0 Å². The van der Waals surface area contributed by atoms with Gasteiger partial charge in [0.25, 0.3) is 0 Å². The van der Waals surface area contributed by atoms with Gasteiger partial charge in [0.2, 0.25) is 0 Å². The Hall–Kier alpha value is -1.29. The molecule has 2 nitrogen and oxygen atoms in total. The van der Waals surface area contributed by atoms with Gasteiger partial charge >= 0.3 is 0 Å². The Labute approximate surface area is 99.8 Å². The minimum absolute atomic E-state index is 0.0252. The molecule has 0 fully saturated rings. The molecular weight excluding hydrogens is 224 g/mol. The molecular formula is C13H17F2NO. The topological polar surface area (TPSA) is 43.1 Å². The van der Waals surface area contributed by atoms with E-state index in [4.69, 9.17) is 5.73 Å². The summed E-state index contributed by atoms with van der Waals surface area (Å²) in [4.78, 5) is 11.7. The summed E-state index contributed by atoms with van der Waals surface area (Å²) >= 11 is 0. The molecule has 1 rings (SSSR count). The Morgan fingerprint density at radius 3 is 2.24 bits per heavy atom. The van der Waals surface area contributed by atoms with Crippen molar-refractivity contribution in [2.24, 2.45) is 11.7 Å². The number of rotatable bonds is 5. The Balaban J connectivity index is 2.67. The maximum absolute atomic E-state index is 12.9. The summed E-state index contributed by atoms with van der Waals surface area (Å²) in [5.41, 5.74) is 6.03. The summed E-state index contributed by atoms with van der Waals surface area (Å²) in [6, 6.07) is 2.52. The number of Topliss-reactive ketones (excluding diaryl/α,β-unsaturated/α-hetero) is 1. The highest BCUT2D eigenvalue weighted by Crippen LogP contribution is 2.11. The van der Waals surface area contributed by atoms with E-state index in [-0.39, 0.29) is 12.2 Å². The molecule has 0 aliphatic heterocycles. The summed E-state index contributed by atoms with van der Waals surface area (Å²) in [7, 11) is 0. The van der Waals surface area contributed by atoms with Gasteiger partial charge in [-0.3, -0.25) is 4.79 Å². The number of nitrogens with two attached hydrogens (primary N) is 1. The van der Waals surface area contributed by atoms with Gasteiger partial charge in [0.15, 0.2) is 5.78 Å². The van der Waals surface area contributed by atoms with Gasteiger partial charge in [0.1, 0.15) is 11.6 Å². The number of hydrogen-bond acceptors (Lipinski definition) is 2. The molecule has 1 unspecified atom stereocenters. The standard InChI is InChI=1S/C13H17F2NO/c1-8(2)3-12(16)13(17)6-9-4-10(14)7-11(15)5-9/h4-5,7-8,12H,3,6,16H2,1-2H3. The summed E-state index contributed by atoms with van der Waals surface area (Å²) in [5.74, 6) is -1.22. The fourth-order valence-corrected chi connectivity index (χ4v) is 1.68. The predicted octanol–water partition coefficient (Wildman–Crippen LogP) is 2.45. The number of hydrogen-bond donors (Lipinski definition) is 1. The summed E-state index contributed by atoms with van der Waals surface area (Å²) < 4.78 is 25.8. The molecule has 0 radical (unpaired) electrons. The van der Waals surface area contributed by atoms with E-state index in [9.17, 15) is 13.6 Å². The van der Waals surface area contributed by atoms with Crippen LogP contribution in [0.25, 0.3) is 0 Å². The van der Waals surface area contributed by atoms with Crippen molar-refractivity contribution >= 4 is 5.78 Å². The van der Waals surface area contributed by atoms with E-state index in [2.05, 4.69) is 0 Å². The fraction of sp³-hybridized carbons (Fsp3) is 0.462. The molecule has 2 N–H and O–H groups in total. The smallest absolute Gasteiger partial charge is 0.153 e. The first-order chi connectivity index (χ1) is 7.88. The number of ketones is 1. The molecule has 0 saturated carbocycles. The van der Waals surface area contributed by atoms with Gasteiger partial charge in [-0.05, 0) is 30.0 Å². The largest absolute Gasteiger partial charge is 0.321 e. The van der Waals surface area contributed by atoms with Crippen LogP contribution in [0.4, 0.5) is 8.78 Å². The molecule has 0 aromatic heterocycles. The fourth-order valence-electron chi connectivity index (χ4n) is 1.68. The predicted molar refractivity (Wildman–Crippen MR) is 62.5 cm³/mol. The maximum atomic E-state index is 12.9. The number of carbonyl (C=O) groups excluding carboxylic acids is 1. The van der Waals surface area contributed by atoms with Crippen LogP contribution in [0.2, 0.25) is 0 Å². The molecule has 0 amide bonds. The van der Waals surface area contributed by atoms with Crippen LogP contribution in [-0.2, 0) is 11.2 Å². The van der Waals surface area contributed by atoms with Gasteiger partial charge in [0, 0.05) is 12.5 Å². The summed E-state index contributed by atoms with van der Waals surface area (Å²) in [6.45, 7) is 3.93. The van der Waals surface area contributed by atoms with Gasteiger partial charge in [0.05, 0.1) is 6.04 Å². The average Bonchev–Trinajstić information content (AvgIpc) is 2.14. The quantitative estimate of drug-likeness (QED) is 0.860. The molecule has 17 heavy (non-hydrogen) atoms. The van der Waals surface area contributed by atoms with Crippen LogP contribution in [0.3, 0.4) is 0 Å². The van der Waals surface area contributed by atoms with Gasteiger partial charge in [-0.1, -0.05) is 13.8 Å². The van der Waals surface area contributed by atoms with Crippen molar-refractivity contribution in [3.8, 4) is 0 Å². The second kappa shape index (κ2) is 5.87. The molecule has 0 aliphatic carbocycles. The monoisotopic (exact) mass is 241 g/mol. The minimum Gasteiger partial charge on any atom is -0.321 e. The lowest BCUT2D eigenvalue weighted by Crippen LogP contribution is -2.33. The number of benzene rings is 1. The first-order valence-corrected chi connectivity index (χ1v) is 5.61. The highest BCUT2D eigenvalue weighted by Gasteiger charge is 2.16. The summed E-state index contributed by atoms with van der Waals surface area (Å²) in [6.07, 6.45) is 0.555. The van der Waals surface area contributed by atoms with Crippen LogP contribution in [0.1, 0.15) is 25.8 Å². The molecule has 1 aromatic rings. The van der Waals surface area contributed by atoms with Crippen LogP contribution in [-0.4, -0.2) is 11.8 Å². The van der Waals surface area contributed by atoms with Gasteiger partial charge in [-0.25, -0.2) is 8.78 Å². The van der Waals surface area contributed by atoms with E-state index in [1.165, 1.54) is 0 Å². The van der Waals surface area contributed by atoms with Crippen LogP contribution in [0, 0.1) is 17.6 Å². The SMILES string of the molecule is CC(C)CC(N)C(=O)Cc1cc(F)cc(F)c1. The Morgan fingerprint density at radius 2 is 1.76 bits per heavy atom. The maximum Gasteiger partial charge on any atom is 0.153 e. The lowest BCUT2D eigenvalue weighted by Gasteiger charge is -2.12. The zero-order chi connectivity index (χ0) is 13.0. The Kier molecular flexibility index (Phi) is 4.75. The van der Waals surface area contributed by atoms with Crippen molar-refractivity contribution in [1.29, 1.82) is 0 Å². The molecule has 0 bridgehead atoms. The minimum atomic E-state index is -0.676. The third-order valence-electron chi connectivity index (χ3n) is 2.44. The van der Waals surface area contributed by atoms with E-state index in [1.807, 2.05) is 13.8 Å². The van der Waals surface area contributed by atoms with Crippen LogP contribution >= 0.6 is 0 Å². The van der Waals surface area contributed by atoms with Crippen LogP contribution < -0.4 is 5.73 Å². The molecule has 1 atom stereocenters. The molecule has 0 saturated heterocycles. The third kappa shape index (κ3) is 4.61. The molecule has 0 heterocycles. The Bertz CT molecular complexity index is 384. The van der Waals surface area contributed by atoms with Crippen LogP contribution in [0.15, 0.2) is 18.2 Å². The third-order valence-corrected chi connectivity index (χ3v) is 2.44. The second-order valence-electron chi connectivity index (χ2n) is 4.66. The van der Waals surface area contributed by atoms with E-state index in [0.29, 0.717) is 17.9 Å². The van der Waals surface area contributed by atoms with E-state index in [0.717, 1.165) is 18.2 Å². The highest BCUT2D eigenvalue weighted by atomic mass is 19.1. The highest BCUT2D eigenvalue weighted by molar-refractivity contribution is 5.85. The molecule has 4 heteroatoms. The van der Waals surface area contributed by atoms with E-state index >= 15 is 0 Å². The van der Waals surface area contributed by atoms with Crippen molar-refractivity contribution < 1.29 is 13.6 Å². The second-order valence-corrected chi connectivity index (χ2v) is 4.66. The lowest BCUT2D eigenvalue weighted by atomic mass is 9.97. The zero-order valence-corrected chi connectivity index (χ0v) is 10.0. The first kappa shape index (κ1) is 13.8. The first-order valence-electron chi connectivity index (χ1n) is 5.61. The van der Waals surface area contributed by atoms with Crippen molar-refractivity contribution in [2.45, 2.75) is 32.7 Å². The average molecular weight is 241 g/mol. The summed E-state index contributed by atoms with van der Waals surface area (Å²) in [5, 5.41) is 0. The normalized spacial score (nSPS) is 12.8. The molecule has 94 valence electrons. The number of halogens is 2. The molecule has 0 spiro atoms. The van der Waals surface area contributed by atoms with E-state index < -0.39 is 17.7 Å². The molecule has 0 aliphatic rings.